The quantitative estimate of drug-likeness (QED) is 0.110. The van der Waals surface area contributed by atoms with E-state index in [4.69, 9.17) is 51.6 Å². The molecule has 82 heavy (non-hydrogen) atoms. The molecular weight excluding hydrogens is 1100 g/mol. The second kappa shape index (κ2) is 22.2. The Balaban J connectivity index is 0.000000221. The van der Waals surface area contributed by atoms with E-state index in [9.17, 15) is 32.7 Å². The summed E-state index contributed by atoms with van der Waals surface area (Å²) < 4.78 is 92.9. The lowest BCUT2D eigenvalue weighted by Crippen LogP contribution is -2.44. The van der Waals surface area contributed by atoms with Gasteiger partial charge in [0.05, 0.1) is 30.8 Å². The molecule has 4 saturated heterocycles. The zero-order valence-corrected chi connectivity index (χ0v) is 49.7. The van der Waals surface area contributed by atoms with Gasteiger partial charge in [0.15, 0.2) is 58.0 Å². The lowest BCUT2D eigenvalue weighted by Gasteiger charge is -2.28. The summed E-state index contributed by atoms with van der Waals surface area (Å²) in [6, 6.07) is 6.29. The van der Waals surface area contributed by atoms with Crippen molar-refractivity contribution >= 4 is 68.5 Å². The molecule has 448 valence electrons. The molecular formula is C53H72N10O18S. The number of imide groups is 2. The largest absolute Gasteiger partial charge is 0.443 e. The number of aliphatic hydroxyl groups is 1. The Morgan fingerprint density at radius 2 is 0.915 bits per heavy atom. The molecule has 1 aromatic carbocycles. The Kier molecular flexibility index (Phi) is 16.7. The van der Waals surface area contributed by atoms with Crippen LogP contribution in [0, 0.1) is 6.92 Å². The number of aliphatic hydroxyl groups excluding tert-OH is 1. The van der Waals surface area contributed by atoms with Crippen LogP contribution in [0.5, 0.6) is 0 Å². The maximum atomic E-state index is 13.3. The van der Waals surface area contributed by atoms with Crippen LogP contribution in [0.3, 0.4) is 0 Å². The smallest absolute Gasteiger partial charge is 0.425 e. The number of carbonyl (C=O) groups is 4. The first-order valence-electron chi connectivity index (χ1n) is 26.3. The highest BCUT2D eigenvalue weighted by Crippen LogP contribution is 2.46. The van der Waals surface area contributed by atoms with Crippen LogP contribution in [0.2, 0.25) is 0 Å². The van der Waals surface area contributed by atoms with Crippen molar-refractivity contribution in [3.05, 3.63) is 55.1 Å². The van der Waals surface area contributed by atoms with Crippen LogP contribution < -0.4 is 9.80 Å². The molecule has 1 N–H and O–H groups in total. The van der Waals surface area contributed by atoms with E-state index < -0.39 is 118 Å². The number of ether oxygens (including phenoxy) is 10. The van der Waals surface area contributed by atoms with Crippen molar-refractivity contribution in [1.82, 2.24) is 39.0 Å². The molecule has 0 unspecified atom stereocenters. The molecule has 4 fully saturated rings. The number of benzene rings is 1. The van der Waals surface area contributed by atoms with E-state index in [2.05, 4.69) is 29.9 Å². The molecule has 8 atom stereocenters. The maximum absolute atomic E-state index is 13.3. The average Bonchev–Trinajstić information content (AvgIpc) is 2.01. The van der Waals surface area contributed by atoms with Crippen molar-refractivity contribution in [1.29, 1.82) is 0 Å². The van der Waals surface area contributed by atoms with Gasteiger partial charge in [-0.2, -0.15) is 18.2 Å². The summed E-state index contributed by atoms with van der Waals surface area (Å²) in [5, 5.41) is 9.82. The second-order valence-electron chi connectivity index (χ2n) is 24.6. The Hall–Kier alpha value is -6.57. The molecule has 0 bridgehead atoms. The Bertz CT molecular complexity index is 3250. The lowest BCUT2D eigenvalue weighted by atomic mass is 10.1. The number of aromatic nitrogens is 8. The predicted molar refractivity (Wildman–Crippen MR) is 287 cm³/mol. The number of rotatable bonds is 9. The summed E-state index contributed by atoms with van der Waals surface area (Å²) in [4.78, 5) is 80.1. The minimum absolute atomic E-state index is 0.0116. The van der Waals surface area contributed by atoms with Gasteiger partial charge < -0.3 is 52.5 Å². The fourth-order valence-electron chi connectivity index (χ4n) is 9.08. The van der Waals surface area contributed by atoms with Crippen molar-refractivity contribution in [3.63, 3.8) is 0 Å². The lowest BCUT2D eigenvalue weighted by molar-refractivity contribution is -0.199. The molecule has 4 aromatic heterocycles. The molecule has 29 heteroatoms. The van der Waals surface area contributed by atoms with Gasteiger partial charge in [-0.1, -0.05) is 17.7 Å². The van der Waals surface area contributed by atoms with E-state index in [1.54, 1.807) is 132 Å². The molecule has 8 heterocycles. The third-order valence-electron chi connectivity index (χ3n) is 12.1. The third-order valence-corrected chi connectivity index (χ3v) is 13.4. The summed E-state index contributed by atoms with van der Waals surface area (Å²) in [6.07, 6.45) is -4.43. The molecule has 4 amide bonds. The summed E-state index contributed by atoms with van der Waals surface area (Å²) in [5.74, 6) is -2.17. The number of carbonyl (C=O) groups excluding carboxylic acids is 4. The van der Waals surface area contributed by atoms with Crippen molar-refractivity contribution in [2.24, 2.45) is 0 Å². The first kappa shape index (κ1) is 61.5. The van der Waals surface area contributed by atoms with Gasteiger partial charge in [0.2, 0.25) is 0 Å². The monoisotopic (exact) mass is 1170 g/mol. The SMILES string of the molecule is CC(C)(C)OC(=O)N(C(=O)OC(C)(C)C)c1ncnc2c1ncn2[C@@H]1O[C@H](CO)[C@H]2OC(C)(C)O[C@H]21.Cc1ccc(S(=O)(=O)OC[C@H]2O[C@@H](n3cnc4c(N(C(=O)OC(C)(C)C)C(=O)OC(C)(C)C)ncnc43)[C@@H]3OC(C)(C)O[C@@H]32)cc1. The van der Waals surface area contributed by atoms with Crippen LogP contribution in [-0.4, -0.2) is 161 Å². The molecule has 4 aliphatic heterocycles. The van der Waals surface area contributed by atoms with Crippen LogP contribution in [0.4, 0.5) is 30.8 Å². The fourth-order valence-corrected chi connectivity index (χ4v) is 10.00. The molecule has 0 radical (unpaired) electrons. The van der Waals surface area contributed by atoms with Gasteiger partial charge in [0.1, 0.15) is 71.7 Å². The van der Waals surface area contributed by atoms with Crippen molar-refractivity contribution < 1.29 is 84.3 Å². The standard InChI is InChI=1S/C30H39N5O10S.C23H33N5O8/c1-17-10-12-18(13-11-17)46(38,39)40-14-19-21-22(43-30(8,9)42-21)25(41-19)34-16-33-20-23(34)31-15-32-24(20)35(26(36)44-28(2,3)4)27(37)45-29(5,6)7;1-21(2,3)35-19(30)28(20(31)36-22(4,5)6)17-13-16(24-10-25-17)27(11-26-13)18-15-14(12(9-29)32-18)33-23(7,8)34-15/h10-13,15-16,19,21-22,25H,14H2,1-9H3;10-12,14-15,18,29H,9H2,1-8H3/t19-,21-,22-,25-;12-,14-,15-,18-/m11/s1. The van der Waals surface area contributed by atoms with Gasteiger partial charge in [-0.15, -0.1) is 0 Å². The van der Waals surface area contributed by atoms with Gasteiger partial charge >= 0.3 is 24.4 Å². The zero-order chi connectivity index (χ0) is 60.4. The Labute approximate surface area is 474 Å². The summed E-state index contributed by atoms with van der Waals surface area (Å²) >= 11 is 0. The number of fused-ring (bicyclic) bond motifs is 4. The topological polar surface area (TPSA) is 318 Å². The number of aryl methyl sites for hydroxylation is 1. The average molecular weight is 1170 g/mol. The molecule has 9 rings (SSSR count). The zero-order valence-electron chi connectivity index (χ0n) is 48.9. The number of hydrogen-bond donors (Lipinski definition) is 1. The third kappa shape index (κ3) is 13.7. The van der Waals surface area contributed by atoms with Crippen molar-refractivity contribution in [2.75, 3.05) is 23.0 Å². The summed E-state index contributed by atoms with van der Waals surface area (Å²) in [7, 11) is -4.09. The number of anilines is 2. The van der Waals surface area contributed by atoms with E-state index in [0.29, 0.717) is 9.80 Å². The highest BCUT2D eigenvalue weighted by Gasteiger charge is 2.58. The molecule has 0 spiro atoms. The van der Waals surface area contributed by atoms with Crippen LogP contribution in [0.15, 0.2) is 54.5 Å². The first-order chi connectivity index (χ1) is 37.8. The second-order valence-corrected chi connectivity index (χ2v) is 26.2. The van der Waals surface area contributed by atoms with E-state index in [1.165, 1.54) is 31.1 Å². The van der Waals surface area contributed by atoms with E-state index >= 15 is 0 Å². The van der Waals surface area contributed by atoms with Crippen LogP contribution in [-0.2, 0) is 61.7 Å². The van der Waals surface area contributed by atoms with Gasteiger partial charge in [0, 0.05) is 0 Å². The highest BCUT2D eigenvalue weighted by atomic mass is 32.2. The van der Waals surface area contributed by atoms with Crippen LogP contribution in [0.1, 0.15) is 129 Å². The van der Waals surface area contributed by atoms with Gasteiger partial charge in [-0.05, 0) is 130 Å². The normalized spacial score (nSPS) is 24.1. The first-order valence-corrected chi connectivity index (χ1v) is 27.7. The number of amides is 4. The number of nitrogens with zero attached hydrogens (tertiary/aromatic N) is 10. The van der Waals surface area contributed by atoms with Gasteiger partial charge in [-0.3, -0.25) is 13.3 Å². The van der Waals surface area contributed by atoms with Crippen molar-refractivity contribution in [3.8, 4) is 0 Å². The van der Waals surface area contributed by atoms with Gasteiger partial charge in [-0.25, -0.2) is 49.1 Å². The maximum Gasteiger partial charge on any atom is 0.425 e. The van der Waals surface area contributed by atoms with Gasteiger partial charge in [0.25, 0.3) is 10.1 Å². The Morgan fingerprint density at radius 1 is 0.561 bits per heavy atom. The number of hydrogen-bond acceptors (Lipinski definition) is 24. The molecule has 0 saturated carbocycles. The fraction of sp³-hybridized carbons (Fsp3) is 0.623. The molecule has 4 aliphatic rings. The predicted octanol–water partition coefficient (Wildman–Crippen LogP) is 7.55. The van der Waals surface area contributed by atoms with E-state index in [0.717, 1.165) is 11.9 Å². The van der Waals surface area contributed by atoms with Crippen LogP contribution >= 0.6 is 0 Å². The minimum atomic E-state index is -4.09. The van der Waals surface area contributed by atoms with Crippen LogP contribution in [0.25, 0.3) is 22.3 Å². The molecule has 0 aliphatic carbocycles. The molecule has 5 aromatic rings. The summed E-state index contributed by atoms with van der Waals surface area (Å²) in [6.45, 7) is 28.3. The van der Waals surface area contributed by atoms with Crippen molar-refractivity contribution in [2.45, 2.75) is 206 Å². The Morgan fingerprint density at radius 3 is 1.28 bits per heavy atom. The van der Waals surface area contributed by atoms with E-state index in [1.807, 2.05) is 6.92 Å². The highest BCUT2D eigenvalue weighted by molar-refractivity contribution is 7.86. The van der Waals surface area contributed by atoms with E-state index in [-0.39, 0.29) is 52.1 Å². The number of imidazole rings is 2. The molecule has 28 nitrogen and oxygen atoms in total. The summed E-state index contributed by atoms with van der Waals surface area (Å²) in [5.41, 5.74) is -2.08. The minimum Gasteiger partial charge on any atom is -0.443 e.